The molecule has 0 atom stereocenters. The molecule has 0 spiro atoms. The van der Waals surface area contributed by atoms with Gasteiger partial charge in [-0.25, -0.2) is 14.5 Å². The molecular weight excluding hydrogens is 460 g/mol. The first-order valence-electron chi connectivity index (χ1n) is 10.5. The van der Waals surface area contributed by atoms with Crippen LogP contribution in [-0.4, -0.2) is 40.6 Å². The first-order chi connectivity index (χ1) is 14.9. The molecule has 0 aliphatic rings. The zero-order valence-corrected chi connectivity index (χ0v) is 20.4. The molecule has 0 saturated heterocycles. The van der Waals surface area contributed by atoms with Crippen LogP contribution in [0.5, 0.6) is 0 Å². The van der Waals surface area contributed by atoms with Gasteiger partial charge in [-0.1, -0.05) is 24.3 Å². The third kappa shape index (κ3) is 6.12. The summed E-state index contributed by atoms with van der Waals surface area (Å²) in [6.07, 6.45) is 0. The fraction of sp³-hybridized carbons (Fsp3) is 0.435. The third-order valence-corrected chi connectivity index (χ3v) is 5.05. The lowest BCUT2D eigenvalue weighted by Crippen LogP contribution is -2.08. The molecule has 2 N–H and O–H groups in total. The van der Waals surface area contributed by atoms with Gasteiger partial charge in [0.25, 0.3) is 0 Å². The van der Waals surface area contributed by atoms with Crippen LogP contribution in [0, 0.1) is 0 Å². The molecule has 1 aromatic carbocycles. The Labute approximate surface area is 192 Å². The smallest absolute Gasteiger partial charge is 0.339 e. The highest BCUT2D eigenvalue weighted by molar-refractivity contribution is 9.10. The fourth-order valence-electron chi connectivity index (χ4n) is 2.99. The van der Waals surface area contributed by atoms with E-state index < -0.39 is 0 Å². The molecule has 0 aliphatic heterocycles. The molecular formula is C23H31BrN4O3. The Kier molecular flexibility index (Phi) is 9.61. The molecule has 7 nitrogen and oxygen atoms in total. The number of nitrogens with zero attached hydrogens (tertiary/aromatic N) is 3. The van der Waals surface area contributed by atoms with E-state index in [1.54, 1.807) is 17.7 Å². The summed E-state index contributed by atoms with van der Waals surface area (Å²) in [5.41, 5.74) is 9.41. The molecule has 0 bridgehead atoms. The number of hydrogen-bond donors (Lipinski definition) is 1. The molecule has 0 saturated carbocycles. The molecule has 2 heterocycles. The number of carbonyl (C=O) groups excluding carboxylic acids is 1. The van der Waals surface area contributed by atoms with Crippen LogP contribution in [0.4, 0.5) is 0 Å². The van der Waals surface area contributed by atoms with Crippen LogP contribution < -0.4 is 5.73 Å². The van der Waals surface area contributed by atoms with Crippen LogP contribution in [0.3, 0.4) is 0 Å². The third-order valence-electron chi connectivity index (χ3n) is 4.50. The molecule has 168 valence electrons. The van der Waals surface area contributed by atoms with E-state index in [0.717, 1.165) is 24.3 Å². The summed E-state index contributed by atoms with van der Waals surface area (Å²) in [6.45, 7) is 12.3. The van der Waals surface area contributed by atoms with Crippen molar-refractivity contribution in [3.63, 3.8) is 0 Å². The molecule has 0 unspecified atom stereocenters. The Morgan fingerprint density at radius 3 is 2.26 bits per heavy atom. The van der Waals surface area contributed by atoms with Gasteiger partial charge >= 0.3 is 5.97 Å². The maximum Gasteiger partial charge on any atom is 0.339 e. The van der Waals surface area contributed by atoms with Crippen molar-refractivity contribution >= 4 is 32.9 Å². The Morgan fingerprint density at radius 2 is 1.77 bits per heavy atom. The standard InChI is InChI=1S/C19H21BrN4O2.C4H10O/c1-4-26-19(25)14-9-15(13-7-5-12(10-21)6-8-13)22-18-16(14)17(20)23-24(18)11(2)3;1-3-5-4-2/h5-9,11H,4,10,21H2,1-3H3;3-4H2,1-2H3. The highest BCUT2D eigenvalue weighted by Gasteiger charge is 2.22. The monoisotopic (exact) mass is 490 g/mol. The van der Waals surface area contributed by atoms with E-state index in [1.165, 1.54) is 0 Å². The predicted molar refractivity (Wildman–Crippen MR) is 127 cm³/mol. The Balaban J connectivity index is 0.000000614. The molecule has 0 aliphatic carbocycles. The average molecular weight is 491 g/mol. The number of ether oxygens (including phenoxy) is 2. The summed E-state index contributed by atoms with van der Waals surface area (Å²) in [5.74, 6) is -0.385. The van der Waals surface area contributed by atoms with Crippen molar-refractivity contribution in [3.05, 3.63) is 46.1 Å². The maximum atomic E-state index is 12.5. The molecule has 0 amide bonds. The fourth-order valence-corrected chi connectivity index (χ4v) is 3.55. The maximum absolute atomic E-state index is 12.5. The molecule has 31 heavy (non-hydrogen) atoms. The molecule has 2 aromatic heterocycles. The van der Waals surface area contributed by atoms with Crippen LogP contribution >= 0.6 is 15.9 Å². The van der Waals surface area contributed by atoms with Crippen molar-refractivity contribution in [2.45, 2.75) is 47.2 Å². The van der Waals surface area contributed by atoms with Crippen LogP contribution in [0.2, 0.25) is 0 Å². The zero-order valence-electron chi connectivity index (χ0n) is 18.8. The number of hydrogen-bond acceptors (Lipinski definition) is 6. The Morgan fingerprint density at radius 1 is 1.13 bits per heavy atom. The van der Waals surface area contributed by atoms with E-state index in [9.17, 15) is 4.79 Å². The molecule has 3 rings (SSSR count). The normalized spacial score (nSPS) is 10.8. The van der Waals surface area contributed by atoms with Gasteiger partial charge in [0.1, 0.15) is 4.60 Å². The van der Waals surface area contributed by atoms with Crippen LogP contribution in [0.15, 0.2) is 34.9 Å². The minimum Gasteiger partial charge on any atom is -0.462 e. The van der Waals surface area contributed by atoms with Crippen molar-refractivity contribution in [2.75, 3.05) is 19.8 Å². The second kappa shape index (κ2) is 11.9. The summed E-state index contributed by atoms with van der Waals surface area (Å²) in [5, 5.41) is 5.17. The van der Waals surface area contributed by atoms with Gasteiger partial charge in [-0.05, 0) is 62.2 Å². The highest BCUT2D eigenvalue weighted by Crippen LogP contribution is 2.32. The lowest BCUT2D eigenvalue weighted by Gasteiger charge is -2.10. The van der Waals surface area contributed by atoms with Crippen molar-refractivity contribution in [1.29, 1.82) is 0 Å². The van der Waals surface area contributed by atoms with Gasteiger partial charge < -0.3 is 15.2 Å². The van der Waals surface area contributed by atoms with Crippen LogP contribution in [0.25, 0.3) is 22.3 Å². The first-order valence-corrected chi connectivity index (χ1v) is 11.3. The average Bonchev–Trinajstić information content (AvgIpc) is 3.11. The zero-order chi connectivity index (χ0) is 23.0. The number of aromatic nitrogens is 3. The minimum absolute atomic E-state index is 0.0983. The number of halogens is 1. The molecule has 8 heteroatoms. The lowest BCUT2D eigenvalue weighted by atomic mass is 10.1. The van der Waals surface area contributed by atoms with E-state index in [-0.39, 0.29) is 12.0 Å². The number of esters is 1. The van der Waals surface area contributed by atoms with Gasteiger partial charge in [-0.2, -0.15) is 5.10 Å². The largest absolute Gasteiger partial charge is 0.462 e. The second-order valence-corrected chi connectivity index (χ2v) is 7.74. The van der Waals surface area contributed by atoms with Gasteiger partial charge in [0.2, 0.25) is 0 Å². The van der Waals surface area contributed by atoms with Gasteiger partial charge in [-0.3, -0.25) is 0 Å². The molecule has 0 fully saturated rings. The van der Waals surface area contributed by atoms with Crippen molar-refractivity contribution in [2.24, 2.45) is 5.73 Å². The van der Waals surface area contributed by atoms with Gasteiger partial charge in [0.15, 0.2) is 5.65 Å². The van der Waals surface area contributed by atoms with Crippen LogP contribution in [-0.2, 0) is 16.0 Å². The number of carbonyl (C=O) groups is 1. The number of fused-ring (bicyclic) bond motifs is 1. The second-order valence-electron chi connectivity index (χ2n) is 6.99. The first kappa shape index (κ1) is 25.0. The summed E-state index contributed by atoms with van der Waals surface area (Å²) < 4.78 is 12.5. The van der Waals surface area contributed by atoms with E-state index in [4.69, 9.17) is 20.2 Å². The Bertz CT molecular complexity index is 998. The van der Waals surface area contributed by atoms with E-state index in [1.807, 2.05) is 52.0 Å². The number of benzene rings is 1. The van der Waals surface area contributed by atoms with Crippen molar-refractivity contribution in [1.82, 2.24) is 14.8 Å². The highest BCUT2D eigenvalue weighted by atomic mass is 79.9. The van der Waals surface area contributed by atoms with E-state index >= 15 is 0 Å². The van der Waals surface area contributed by atoms with Gasteiger partial charge in [0.05, 0.1) is 23.3 Å². The number of nitrogens with two attached hydrogens (primary N) is 1. The molecule has 0 radical (unpaired) electrons. The summed E-state index contributed by atoms with van der Waals surface area (Å²) in [6, 6.07) is 9.69. The minimum atomic E-state index is -0.385. The summed E-state index contributed by atoms with van der Waals surface area (Å²) in [7, 11) is 0. The predicted octanol–water partition coefficient (Wildman–Crippen LogP) is 5.12. The van der Waals surface area contributed by atoms with Crippen molar-refractivity contribution < 1.29 is 14.3 Å². The van der Waals surface area contributed by atoms with Crippen LogP contribution in [0.1, 0.15) is 56.6 Å². The van der Waals surface area contributed by atoms with E-state index in [2.05, 4.69) is 21.0 Å². The number of pyridine rings is 1. The molecule has 3 aromatic rings. The SMILES string of the molecule is CCOC(=O)c1cc(-c2ccc(CN)cc2)nc2c1c(Br)nn2C(C)C.CCOCC. The quantitative estimate of drug-likeness (QED) is 0.462. The van der Waals surface area contributed by atoms with Gasteiger partial charge in [0, 0.05) is 31.4 Å². The van der Waals surface area contributed by atoms with Crippen molar-refractivity contribution in [3.8, 4) is 11.3 Å². The topological polar surface area (TPSA) is 92.3 Å². The van der Waals surface area contributed by atoms with E-state index in [0.29, 0.717) is 40.0 Å². The number of rotatable bonds is 7. The van der Waals surface area contributed by atoms with Gasteiger partial charge in [-0.15, -0.1) is 0 Å². The lowest BCUT2D eigenvalue weighted by molar-refractivity contribution is 0.0528. The Hall–Kier alpha value is -2.29. The summed E-state index contributed by atoms with van der Waals surface area (Å²) in [4.78, 5) is 17.3. The summed E-state index contributed by atoms with van der Waals surface area (Å²) >= 11 is 3.46.